The maximum Gasteiger partial charge on any atom is 0.266 e. The van der Waals surface area contributed by atoms with Gasteiger partial charge in [-0.2, -0.15) is 0 Å². The molecule has 2 heterocycles. The molecule has 35 heavy (non-hydrogen) atoms. The Bertz CT molecular complexity index is 1280. The number of halogens is 1. The fourth-order valence-corrected chi connectivity index (χ4v) is 6.37. The van der Waals surface area contributed by atoms with Gasteiger partial charge in [0.05, 0.1) is 4.91 Å². The lowest BCUT2D eigenvalue weighted by Crippen LogP contribution is -2.29. The number of nitrogens with zero attached hydrogens (tertiary/aromatic N) is 3. The first-order valence-corrected chi connectivity index (χ1v) is 13.7. The zero-order chi connectivity index (χ0) is 24.8. The fourth-order valence-electron chi connectivity index (χ4n) is 3.21. The summed E-state index contributed by atoms with van der Waals surface area (Å²) >= 11 is 9.46. The van der Waals surface area contributed by atoms with Crippen molar-refractivity contribution in [3.05, 3.63) is 75.9 Å². The zero-order valence-corrected chi connectivity index (χ0v) is 22.0. The van der Waals surface area contributed by atoms with Crippen molar-refractivity contribution in [3.63, 3.8) is 0 Å². The van der Waals surface area contributed by atoms with Gasteiger partial charge in [-0.3, -0.25) is 14.5 Å². The Balaban J connectivity index is 1.23. The van der Waals surface area contributed by atoms with Crippen LogP contribution in [0.15, 0.2) is 57.8 Å². The van der Waals surface area contributed by atoms with Crippen LogP contribution in [0, 0.1) is 12.7 Å². The standard InChI is InChI=1S/C24H21FN4O2S4/c1-15-5-2-3-6-17(15)14-33-23-28-27-22(35-23)26-20(30)7-4-12-29-21(31)19(34-24(29)32)13-16-8-10-18(25)11-9-16/h2-3,5-6,8-11,13H,4,7,12,14H2,1H3,(H,26,27,30)/b19-13-. The molecule has 11 heteroatoms. The van der Waals surface area contributed by atoms with Crippen LogP contribution in [0.25, 0.3) is 6.08 Å². The minimum absolute atomic E-state index is 0.191. The van der Waals surface area contributed by atoms with Crippen molar-refractivity contribution in [2.24, 2.45) is 0 Å². The summed E-state index contributed by atoms with van der Waals surface area (Å²) in [5.74, 6) is 0.0566. The molecule has 6 nitrogen and oxygen atoms in total. The third kappa shape index (κ3) is 6.97. The molecule has 0 bridgehead atoms. The number of anilines is 1. The topological polar surface area (TPSA) is 75.2 Å². The molecule has 1 saturated heterocycles. The first kappa shape index (κ1) is 25.5. The largest absolute Gasteiger partial charge is 0.301 e. The second kappa shape index (κ2) is 11.9. The van der Waals surface area contributed by atoms with Crippen molar-refractivity contribution in [1.29, 1.82) is 0 Å². The molecule has 1 N–H and O–H groups in total. The zero-order valence-electron chi connectivity index (χ0n) is 18.7. The number of amides is 2. The minimum atomic E-state index is -0.334. The van der Waals surface area contributed by atoms with Gasteiger partial charge in [-0.05, 0) is 48.2 Å². The Morgan fingerprint density at radius 2 is 1.97 bits per heavy atom. The number of thiocarbonyl (C=S) groups is 1. The van der Waals surface area contributed by atoms with Gasteiger partial charge in [0.1, 0.15) is 10.1 Å². The molecule has 3 aromatic rings. The van der Waals surface area contributed by atoms with Crippen LogP contribution in [0.4, 0.5) is 9.52 Å². The maximum atomic E-state index is 13.1. The predicted octanol–water partition coefficient (Wildman–Crippen LogP) is 5.90. The van der Waals surface area contributed by atoms with E-state index in [-0.39, 0.29) is 24.1 Å². The van der Waals surface area contributed by atoms with Gasteiger partial charge in [0.15, 0.2) is 4.34 Å². The van der Waals surface area contributed by atoms with Crippen molar-refractivity contribution in [3.8, 4) is 0 Å². The number of carbonyl (C=O) groups excluding carboxylic acids is 2. The van der Waals surface area contributed by atoms with E-state index in [0.717, 1.165) is 15.7 Å². The highest BCUT2D eigenvalue weighted by Crippen LogP contribution is 2.33. The van der Waals surface area contributed by atoms with E-state index >= 15 is 0 Å². The van der Waals surface area contributed by atoms with Gasteiger partial charge in [-0.1, -0.05) is 83.5 Å². The Labute approximate surface area is 220 Å². The lowest BCUT2D eigenvalue weighted by atomic mass is 10.1. The average Bonchev–Trinajstić information content (AvgIpc) is 3.39. The van der Waals surface area contributed by atoms with Crippen molar-refractivity contribution in [2.75, 3.05) is 11.9 Å². The highest BCUT2D eigenvalue weighted by Gasteiger charge is 2.31. The summed E-state index contributed by atoms with van der Waals surface area (Å²) < 4.78 is 14.3. The van der Waals surface area contributed by atoms with Gasteiger partial charge in [-0.25, -0.2) is 4.39 Å². The van der Waals surface area contributed by atoms with Crippen LogP contribution < -0.4 is 5.32 Å². The van der Waals surface area contributed by atoms with Crippen LogP contribution in [0.3, 0.4) is 0 Å². The lowest BCUT2D eigenvalue weighted by Gasteiger charge is -2.13. The second-order valence-corrected chi connectivity index (χ2v) is 11.5. The van der Waals surface area contributed by atoms with Gasteiger partial charge >= 0.3 is 0 Å². The molecule has 0 unspecified atom stereocenters. The number of benzene rings is 2. The number of thioether (sulfide) groups is 2. The van der Waals surface area contributed by atoms with Crippen LogP contribution in [-0.2, 0) is 15.3 Å². The number of nitrogens with one attached hydrogen (secondary N) is 1. The quantitative estimate of drug-likeness (QED) is 0.156. The second-order valence-electron chi connectivity index (χ2n) is 7.62. The van der Waals surface area contributed by atoms with E-state index in [1.807, 2.05) is 12.1 Å². The number of aromatic nitrogens is 2. The molecule has 0 aliphatic carbocycles. The molecular weight excluding hydrogens is 524 g/mol. The molecule has 180 valence electrons. The van der Waals surface area contributed by atoms with Gasteiger partial charge in [0.2, 0.25) is 11.0 Å². The summed E-state index contributed by atoms with van der Waals surface area (Å²) in [5, 5.41) is 11.4. The van der Waals surface area contributed by atoms with Gasteiger partial charge < -0.3 is 5.32 Å². The normalized spacial score (nSPS) is 14.7. The van der Waals surface area contributed by atoms with Crippen molar-refractivity contribution in [1.82, 2.24) is 15.1 Å². The Kier molecular flexibility index (Phi) is 8.66. The molecule has 0 radical (unpaired) electrons. The average molecular weight is 545 g/mol. The van der Waals surface area contributed by atoms with Crippen LogP contribution in [0.5, 0.6) is 0 Å². The molecule has 0 atom stereocenters. The van der Waals surface area contributed by atoms with Gasteiger partial charge in [0.25, 0.3) is 5.91 Å². The number of carbonyl (C=O) groups is 2. The SMILES string of the molecule is Cc1ccccc1CSc1nnc(NC(=O)CCCN2C(=O)/C(=C/c3ccc(F)cc3)SC2=S)s1. The van der Waals surface area contributed by atoms with Crippen LogP contribution in [-0.4, -0.2) is 37.8 Å². The Morgan fingerprint density at radius 1 is 1.20 bits per heavy atom. The number of rotatable bonds is 9. The van der Waals surface area contributed by atoms with Crippen molar-refractivity contribution in [2.45, 2.75) is 29.9 Å². The summed E-state index contributed by atoms with van der Waals surface area (Å²) in [6.07, 6.45) is 2.37. The molecule has 0 spiro atoms. The van der Waals surface area contributed by atoms with E-state index in [1.165, 1.54) is 51.3 Å². The molecule has 1 aliphatic rings. The number of aryl methyl sites for hydroxylation is 1. The van der Waals surface area contributed by atoms with Crippen molar-refractivity contribution < 1.29 is 14.0 Å². The summed E-state index contributed by atoms with van der Waals surface area (Å²) in [7, 11) is 0. The summed E-state index contributed by atoms with van der Waals surface area (Å²) in [5.41, 5.74) is 3.19. The highest BCUT2D eigenvalue weighted by molar-refractivity contribution is 8.26. The molecule has 4 rings (SSSR count). The molecule has 2 amide bonds. The Hall–Kier alpha value is -2.60. The smallest absolute Gasteiger partial charge is 0.266 e. The number of hydrogen-bond acceptors (Lipinski definition) is 8. The Morgan fingerprint density at radius 3 is 2.74 bits per heavy atom. The molecule has 2 aromatic carbocycles. The lowest BCUT2D eigenvalue weighted by molar-refractivity contribution is -0.122. The van der Waals surface area contributed by atoms with Crippen LogP contribution in [0.2, 0.25) is 0 Å². The first-order chi connectivity index (χ1) is 16.9. The van der Waals surface area contributed by atoms with Crippen LogP contribution >= 0.6 is 47.1 Å². The third-order valence-corrected chi connectivity index (χ3v) is 8.49. The molecule has 0 saturated carbocycles. The minimum Gasteiger partial charge on any atom is -0.301 e. The summed E-state index contributed by atoms with van der Waals surface area (Å²) in [6.45, 7) is 2.41. The number of hydrogen-bond donors (Lipinski definition) is 1. The van der Waals surface area contributed by atoms with E-state index in [2.05, 4.69) is 34.6 Å². The van der Waals surface area contributed by atoms with E-state index in [4.69, 9.17) is 12.2 Å². The molecular formula is C24H21FN4O2S4. The van der Waals surface area contributed by atoms with Gasteiger partial charge in [0, 0.05) is 18.7 Å². The van der Waals surface area contributed by atoms with E-state index in [0.29, 0.717) is 27.3 Å². The molecule has 1 aliphatic heterocycles. The monoisotopic (exact) mass is 544 g/mol. The molecule has 1 aromatic heterocycles. The third-order valence-electron chi connectivity index (χ3n) is 5.09. The summed E-state index contributed by atoms with van der Waals surface area (Å²) in [6, 6.07) is 14.1. The predicted molar refractivity (Wildman–Crippen MR) is 145 cm³/mol. The molecule has 1 fully saturated rings. The van der Waals surface area contributed by atoms with Gasteiger partial charge in [-0.15, -0.1) is 10.2 Å². The van der Waals surface area contributed by atoms with E-state index < -0.39 is 0 Å². The summed E-state index contributed by atoms with van der Waals surface area (Å²) in [4.78, 5) is 27.0. The maximum absolute atomic E-state index is 13.1. The first-order valence-electron chi connectivity index (χ1n) is 10.7. The van der Waals surface area contributed by atoms with Crippen LogP contribution in [0.1, 0.15) is 29.5 Å². The van der Waals surface area contributed by atoms with E-state index in [1.54, 1.807) is 30.0 Å². The highest BCUT2D eigenvalue weighted by atomic mass is 32.2. The fraction of sp³-hybridized carbons (Fsp3) is 0.208. The van der Waals surface area contributed by atoms with E-state index in [9.17, 15) is 14.0 Å². The van der Waals surface area contributed by atoms with Crippen molar-refractivity contribution >= 4 is 74.4 Å².